The minimum atomic E-state index is -0.597. The van der Waals surface area contributed by atoms with Gasteiger partial charge in [0.2, 0.25) is 11.8 Å². The molecule has 0 aliphatic carbocycles. The molecule has 25 heavy (non-hydrogen) atoms. The normalized spacial score (nSPS) is 19.8. The van der Waals surface area contributed by atoms with Crippen LogP contribution >= 0.6 is 15.9 Å². The monoisotopic (exact) mass is 398 g/mol. The highest BCUT2D eigenvalue weighted by Gasteiger charge is 2.40. The number of halogens is 1. The molecule has 0 saturated carbocycles. The molecular weight excluding hydrogens is 384 g/mol. The number of amides is 3. The number of benzene rings is 2. The Morgan fingerprint density at radius 2 is 1.76 bits per heavy atom. The molecule has 2 aromatic carbocycles. The Bertz CT molecular complexity index is 895. The van der Waals surface area contributed by atoms with E-state index in [9.17, 15) is 14.4 Å². The summed E-state index contributed by atoms with van der Waals surface area (Å²) in [6.45, 7) is 0.373. The first-order valence-electron chi connectivity index (χ1n) is 8.07. The quantitative estimate of drug-likeness (QED) is 0.790. The molecule has 2 aliphatic rings. The van der Waals surface area contributed by atoms with Gasteiger partial charge in [-0.3, -0.25) is 19.7 Å². The first-order valence-corrected chi connectivity index (χ1v) is 8.86. The van der Waals surface area contributed by atoms with Crippen LogP contribution in [0.4, 0.5) is 0 Å². The van der Waals surface area contributed by atoms with Crippen LogP contribution < -0.4 is 5.32 Å². The number of nitrogens with one attached hydrogen (secondary N) is 1. The molecule has 1 atom stereocenters. The Kier molecular flexibility index (Phi) is 3.92. The van der Waals surface area contributed by atoms with Crippen LogP contribution in [0, 0.1) is 0 Å². The number of hydrogen-bond donors (Lipinski definition) is 1. The standard InChI is InChI=1S/C19H15BrN2O3/c20-12-8-13(11-4-2-1-3-5-11)15-10-22(19(25)14(15)9-12)16-6-7-17(23)21-18(16)24/h1-5,8-9,16H,6-7,10H2,(H,21,23,24). The molecule has 6 heteroatoms. The van der Waals surface area contributed by atoms with Gasteiger partial charge in [0.25, 0.3) is 5.91 Å². The van der Waals surface area contributed by atoms with E-state index in [1.54, 1.807) is 11.0 Å². The van der Waals surface area contributed by atoms with Crippen LogP contribution in [-0.4, -0.2) is 28.7 Å². The zero-order valence-corrected chi connectivity index (χ0v) is 14.9. The van der Waals surface area contributed by atoms with Gasteiger partial charge in [0.1, 0.15) is 6.04 Å². The third kappa shape index (κ3) is 2.76. The molecule has 0 bridgehead atoms. The van der Waals surface area contributed by atoms with Gasteiger partial charge in [0.15, 0.2) is 0 Å². The third-order valence-electron chi connectivity index (χ3n) is 4.71. The van der Waals surface area contributed by atoms with Crippen molar-refractivity contribution in [2.24, 2.45) is 0 Å². The summed E-state index contributed by atoms with van der Waals surface area (Å²) in [6.07, 6.45) is 0.623. The fraction of sp³-hybridized carbons (Fsp3) is 0.211. The van der Waals surface area contributed by atoms with Gasteiger partial charge in [-0.1, -0.05) is 46.3 Å². The number of fused-ring (bicyclic) bond motifs is 1. The Morgan fingerprint density at radius 3 is 2.48 bits per heavy atom. The number of carbonyl (C=O) groups excluding carboxylic acids is 3. The summed E-state index contributed by atoms with van der Waals surface area (Å²) in [5.74, 6) is -0.834. The summed E-state index contributed by atoms with van der Waals surface area (Å²) in [4.78, 5) is 38.0. The van der Waals surface area contributed by atoms with Crippen LogP contribution in [0.5, 0.6) is 0 Å². The van der Waals surface area contributed by atoms with Crippen LogP contribution in [0.25, 0.3) is 11.1 Å². The van der Waals surface area contributed by atoms with Crippen molar-refractivity contribution in [1.29, 1.82) is 0 Å². The Balaban J connectivity index is 1.74. The lowest BCUT2D eigenvalue weighted by Gasteiger charge is -2.29. The van der Waals surface area contributed by atoms with Crippen molar-refractivity contribution in [1.82, 2.24) is 10.2 Å². The fourth-order valence-electron chi connectivity index (χ4n) is 3.50. The van der Waals surface area contributed by atoms with Crippen LogP contribution in [0.1, 0.15) is 28.8 Å². The predicted molar refractivity (Wildman–Crippen MR) is 95.6 cm³/mol. The molecule has 0 aromatic heterocycles. The van der Waals surface area contributed by atoms with Gasteiger partial charge in [-0.15, -0.1) is 0 Å². The zero-order chi connectivity index (χ0) is 17.6. The van der Waals surface area contributed by atoms with Crippen molar-refractivity contribution < 1.29 is 14.4 Å². The van der Waals surface area contributed by atoms with Gasteiger partial charge in [-0.25, -0.2) is 0 Å². The Hall–Kier alpha value is -2.47. The van der Waals surface area contributed by atoms with Gasteiger partial charge in [-0.2, -0.15) is 0 Å². The molecule has 0 spiro atoms. The van der Waals surface area contributed by atoms with Gasteiger partial charge in [0, 0.05) is 23.0 Å². The largest absolute Gasteiger partial charge is 0.322 e. The van der Waals surface area contributed by atoms with Crippen molar-refractivity contribution in [3.8, 4) is 11.1 Å². The van der Waals surface area contributed by atoms with E-state index in [2.05, 4.69) is 21.2 Å². The average molecular weight is 399 g/mol. The summed E-state index contributed by atoms with van der Waals surface area (Å²) in [5.41, 5.74) is 3.54. The van der Waals surface area contributed by atoms with Crippen LogP contribution in [0.2, 0.25) is 0 Å². The molecule has 3 amide bonds. The number of hydrogen-bond acceptors (Lipinski definition) is 3. The maximum atomic E-state index is 12.9. The second-order valence-electron chi connectivity index (χ2n) is 6.25. The van der Waals surface area contributed by atoms with Crippen LogP contribution in [0.3, 0.4) is 0 Å². The van der Waals surface area contributed by atoms with E-state index < -0.39 is 11.9 Å². The minimum absolute atomic E-state index is 0.164. The van der Waals surface area contributed by atoms with E-state index in [1.807, 2.05) is 36.4 Å². The lowest BCUT2D eigenvalue weighted by molar-refractivity contribution is -0.136. The van der Waals surface area contributed by atoms with E-state index in [1.165, 1.54) is 0 Å². The smallest absolute Gasteiger partial charge is 0.255 e. The van der Waals surface area contributed by atoms with Gasteiger partial charge < -0.3 is 4.90 Å². The van der Waals surface area contributed by atoms with Gasteiger partial charge in [-0.05, 0) is 35.2 Å². The summed E-state index contributed by atoms with van der Waals surface area (Å²) in [6, 6.07) is 13.1. The van der Waals surface area contributed by atoms with E-state index >= 15 is 0 Å². The molecule has 2 aliphatic heterocycles. The highest BCUT2D eigenvalue weighted by atomic mass is 79.9. The van der Waals surface area contributed by atoms with Gasteiger partial charge >= 0.3 is 0 Å². The topological polar surface area (TPSA) is 66.5 Å². The van der Waals surface area contributed by atoms with Crippen molar-refractivity contribution in [2.75, 3.05) is 0 Å². The molecule has 1 unspecified atom stereocenters. The Morgan fingerprint density at radius 1 is 1.04 bits per heavy atom. The molecule has 2 aromatic rings. The first kappa shape index (κ1) is 16.0. The summed E-state index contributed by atoms with van der Waals surface area (Å²) in [7, 11) is 0. The number of imide groups is 1. The number of carbonyl (C=O) groups is 3. The number of piperidine rings is 1. The first-order chi connectivity index (χ1) is 12.0. The second-order valence-corrected chi connectivity index (χ2v) is 7.16. The highest BCUT2D eigenvalue weighted by Crippen LogP contribution is 2.37. The highest BCUT2D eigenvalue weighted by molar-refractivity contribution is 9.10. The molecule has 5 nitrogen and oxygen atoms in total. The maximum Gasteiger partial charge on any atom is 0.255 e. The summed E-state index contributed by atoms with van der Waals surface area (Å²) < 4.78 is 0.823. The third-order valence-corrected chi connectivity index (χ3v) is 5.16. The number of nitrogens with zero attached hydrogens (tertiary/aromatic N) is 1. The molecule has 0 radical (unpaired) electrons. The molecule has 4 rings (SSSR count). The van der Waals surface area contributed by atoms with E-state index in [0.717, 1.165) is 21.2 Å². The second kappa shape index (κ2) is 6.11. The lowest BCUT2D eigenvalue weighted by atomic mass is 9.97. The minimum Gasteiger partial charge on any atom is -0.322 e. The molecule has 2 heterocycles. The van der Waals surface area contributed by atoms with Crippen molar-refractivity contribution >= 4 is 33.7 Å². The average Bonchev–Trinajstić information content (AvgIpc) is 2.92. The predicted octanol–water partition coefficient (Wildman–Crippen LogP) is 2.88. The zero-order valence-electron chi connectivity index (χ0n) is 13.3. The lowest BCUT2D eigenvalue weighted by Crippen LogP contribution is -2.52. The van der Waals surface area contributed by atoms with E-state index in [-0.39, 0.29) is 18.2 Å². The molecule has 1 N–H and O–H groups in total. The van der Waals surface area contributed by atoms with Crippen LogP contribution in [0.15, 0.2) is 46.9 Å². The fourth-order valence-corrected chi connectivity index (χ4v) is 3.96. The van der Waals surface area contributed by atoms with Crippen LogP contribution in [-0.2, 0) is 16.1 Å². The molecule has 1 saturated heterocycles. The summed E-state index contributed by atoms with van der Waals surface area (Å²) in [5, 5.41) is 2.33. The van der Waals surface area contributed by atoms with E-state index in [0.29, 0.717) is 18.5 Å². The van der Waals surface area contributed by atoms with Gasteiger partial charge in [0.05, 0.1) is 0 Å². The SMILES string of the molecule is O=C1CCC(N2Cc3c(cc(Br)cc3-c3ccccc3)C2=O)C(=O)N1. The Labute approximate surface area is 153 Å². The summed E-state index contributed by atoms with van der Waals surface area (Å²) >= 11 is 3.48. The van der Waals surface area contributed by atoms with Crippen molar-refractivity contribution in [3.63, 3.8) is 0 Å². The van der Waals surface area contributed by atoms with Crippen molar-refractivity contribution in [3.05, 3.63) is 58.1 Å². The maximum absolute atomic E-state index is 12.9. The van der Waals surface area contributed by atoms with Crippen molar-refractivity contribution in [2.45, 2.75) is 25.4 Å². The number of rotatable bonds is 2. The van der Waals surface area contributed by atoms with E-state index in [4.69, 9.17) is 0 Å². The molecule has 126 valence electrons. The molecular formula is C19H15BrN2O3. The molecule has 1 fully saturated rings.